The van der Waals surface area contributed by atoms with Crippen LogP contribution in [0.2, 0.25) is 0 Å². The molecule has 0 radical (unpaired) electrons. The first-order valence-corrected chi connectivity index (χ1v) is 10.1. The van der Waals surface area contributed by atoms with Crippen molar-refractivity contribution in [3.05, 3.63) is 70.8 Å². The van der Waals surface area contributed by atoms with Crippen molar-refractivity contribution in [1.82, 2.24) is 10.2 Å². The summed E-state index contributed by atoms with van der Waals surface area (Å²) in [5, 5.41) is 2.83. The number of amides is 2. The Labute approximate surface area is 169 Å². The van der Waals surface area contributed by atoms with Crippen molar-refractivity contribution in [2.24, 2.45) is 0 Å². The van der Waals surface area contributed by atoms with Crippen LogP contribution in [0.25, 0.3) is 0 Å². The van der Waals surface area contributed by atoms with Gasteiger partial charge < -0.3 is 10.2 Å². The van der Waals surface area contributed by atoms with Gasteiger partial charge >= 0.3 is 0 Å². The Morgan fingerprint density at radius 2 is 1.50 bits per heavy atom. The van der Waals surface area contributed by atoms with Crippen molar-refractivity contribution in [2.75, 3.05) is 6.54 Å². The second-order valence-corrected chi connectivity index (χ2v) is 7.25. The zero-order valence-electron chi connectivity index (χ0n) is 17.5. The van der Waals surface area contributed by atoms with Crippen molar-refractivity contribution >= 4 is 11.8 Å². The van der Waals surface area contributed by atoms with E-state index in [-0.39, 0.29) is 11.8 Å². The molecule has 0 saturated heterocycles. The molecule has 2 rings (SSSR count). The highest BCUT2D eigenvalue weighted by molar-refractivity contribution is 5.87. The van der Waals surface area contributed by atoms with E-state index in [1.54, 1.807) is 11.8 Å². The highest BCUT2D eigenvalue weighted by Crippen LogP contribution is 2.14. The summed E-state index contributed by atoms with van der Waals surface area (Å²) in [4.78, 5) is 27.1. The standard InChI is InChI=1S/C24H32N2O2/c1-5-20-11-13-21(14-12-20)15-16-23(27)26(19(4)24(28)25-6-2)17-22-9-7-18(3)8-10-22/h7-14,19H,5-6,15-17H2,1-4H3,(H,25,28)/t19-/m0/s1. The van der Waals surface area contributed by atoms with Gasteiger partial charge in [0.15, 0.2) is 0 Å². The summed E-state index contributed by atoms with van der Waals surface area (Å²) in [6.45, 7) is 8.84. The van der Waals surface area contributed by atoms with Gasteiger partial charge in [-0.2, -0.15) is 0 Å². The lowest BCUT2D eigenvalue weighted by molar-refractivity contribution is -0.140. The van der Waals surface area contributed by atoms with Crippen LogP contribution in [0, 0.1) is 6.92 Å². The predicted octanol–water partition coefficient (Wildman–Crippen LogP) is 4.04. The molecule has 0 unspecified atom stereocenters. The average molecular weight is 381 g/mol. The summed E-state index contributed by atoms with van der Waals surface area (Å²) in [5.74, 6) is -0.117. The van der Waals surface area contributed by atoms with Crippen molar-refractivity contribution in [3.63, 3.8) is 0 Å². The van der Waals surface area contributed by atoms with E-state index in [9.17, 15) is 9.59 Å². The SMILES string of the molecule is CCNC(=O)[C@H](C)N(Cc1ccc(C)cc1)C(=O)CCc1ccc(CC)cc1. The number of hydrogen-bond acceptors (Lipinski definition) is 2. The van der Waals surface area contributed by atoms with Crippen molar-refractivity contribution in [2.45, 2.75) is 59.5 Å². The highest BCUT2D eigenvalue weighted by atomic mass is 16.2. The third-order valence-corrected chi connectivity index (χ3v) is 5.05. The lowest BCUT2D eigenvalue weighted by Crippen LogP contribution is -2.47. The Kier molecular flexibility index (Phi) is 8.24. The number of carbonyl (C=O) groups is 2. The topological polar surface area (TPSA) is 49.4 Å². The first-order chi connectivity index (χ1) is 13.4. The van der Waals surface area contributed by atoms with Crippen LogP contribution in [0.15, 0.2) is 48.5 Å². The number of benzene rings is 2. The smallest absolute Gasteiger partial charge is 0.242 e. The molecule has 4 heteroatoms. The Hall–Kier alpha value is -2.62. The van der Waals surface area contributed by atoms with Crippen LogP contribution < -0.4 is 5.32 Å². The Bertz CT molecular complexity index is 766. The predicted molar refractivity (Wildman–Crippen MR) is 114 cm³/mol. The van der Waals surface area contributed by atoms with Crippen LogP contribution in [0.3, 0.4) is 0 Å². The molecule has 0 heterocycles. The molecule has 0 aliphatic rings. The largest absolute Gasteiger partial charge is 0.355 e. The van der Waals surface area contributed by atoms with E-state index in [1.165, 1.54) is 11.1 Å². The fourth-order valence-corrected chi connectivity index (χ4v) is 3.13. The van der Waals surface area contributed by atoms with E-state index >= 15 is 0 Å². The average Bonchev–Trinajstić information content (AvgIpc) is 2.71. The summed E-state index contributed by atoms with van der Waals surface area (Å²) in [6, 6.07) is 16.0. The second-order valence-electron chi connectivity index (χ2n) is 7.25. The molecule has 2 aromatic rings. The van der Waals surface area contributed by atoms with Crippen LogP contribution >= 0.6 is 0 Å². The molecule has 0 spiro atoms. The number of nitrogens with one attached hydrogen (secondary N) is 1. The number of hydrogen-bond donors (Lipinski definition) is 1. The van der Waals surface area contributed by atoms with E-state index in [2.05, 4.69) is 36.5 Å². The molecule has 0 bridgehead atoms. The van der Waals surface area contributed by atoms with Crippen LogP contribution in [-0.2, 0) is 29.0 Å². The Balaban J connectivity index is 2.10. The number of likely N-dealkylation sites (N-methyl/N-ethyl adjacent to an activating group) is 1. The minimum atomic E-state index is -0.503. The summed E-state index contributed by atoms with van der Waals surface area (Å²) in [5.41, 5.74) is 4.64. The molecule has 0 aliphatic carbocycles. The summed E-state index contributed by atoms with van der Waals surface area (Å²) >= 11 is 0. The van der Waals surface area contributed by atoms with Gasteiger partial charge in [0.25, 0.3) is 0 Å². The number of carbonyl (C=O) groups excluding carboxylic acids is 2. The molecule has 0 aromatic heterocycles. The molecule has 2 amide bonds. The van der Waals surface area contributed by atoms with Crippen molar-refractivity contribution in [3.8, 4) is 0 Å². The van der Waals surface area contributed by atoms with Crippen LogP contribution in [-0.4, -0.2) is 29.3 Å². The Morgan fingerprint density at radius 1 is 0.929 bits per heavy atom. The van der Waals surface area contributed by atoms with Gasteiger partial charge in [-0.15, -0.1) is 0 Å². The first kappa shape index (κ1) is 21.7. The van der Waals surface area contributed by atoms with Gasteiger partial charge in [-0.05, 0) is 50.3 Å². The molecule has 1 atom stereocenters. The van der Waals surface area contributed by atoms with E-state index in [1.807, 2.05) is 38.1 Å². The zero-order chi connectivity index (χ0) is 20.5. The third kappa shape index (κ3) is 6.22. The lowest BCUT2D eigenvalue weighted by atomic mass is 10.0. The van der Waals surface area contributed by atoms with Gasteiger partial charge in [-0.1, -0.05) is 61.0 Å². The first-order valence-electron chi connectivity index (χ1n) is 10.1. The summed E-state index contributed by atoms with van der Waals surface area (Å²) in [7, 11) is 0. The molecule has 4 nitrogen and oxygen atoms in total. The van der Waals surface area contributed by atoms with E-state index < -0.39 is 6.04 Å². The van der Waals surface area contributed by atoms with Gasteiger partial charge in [-0.25, -0.2) is 0 Å². The van der Waals surface area contributed by atoms with Gasteiger partial charge in [-0.3, -0.25) is 9.59 Å². The third-order valence-electron chi connectivity index (χ3n) is 5.05. The van der Waals surface area contributed by atoms with Crippen molar-refractivity contribution < 1.29 is 9.59 Å². The van der Waals surface area contributed by atoms with Crippen molar-refractivity contribution in [1.29, 1.82) is 0 Å². The zero-order valence-corrected chi connectivity index (χ0v) is 17.5. The summed E-state index contributed by atoms with van der Waals surface area (Å²) in [6.07, 6.45) is 2.07. The number of aryl methyl sites for hydroxylation is 3. The monoisotopic (exact) mass is 380 g/mol. The lowest BCUT2D eigenvalue weighted by Gasteiger charge is -2.29. The second kappa shape index (κ2) is 10.6. The quantitative estimate of drug-likeness (QED) is 0.714. The molecule has 150 valence electrons. The maximum Gasteiger partial charge on any atom is 0.242 e. The van der Waals surface area contributed by atoms with Crippen LogP contribution in [0.4, 0.5) is 0 Å². The normalized spacial score (nSPS) is 11.7. The highest BCUT2D eigenvalue weighted by Gasteiger charge is 2.25. The van der Waals surface area contributed by atoms with Crippen LogP contribution in [0.1, 0.15) is 49.4 Å². The maximum absolute atomic E-state index is 13.0. The van der Waals surface area contributed by atoms with Gasteiger partial charge in [0, 0.05) is 19.5 Å². The molecule has 2 aromatic carbocycles. The fraction of sp³-hybridized carbons (Fsp3) is 0.417. The van der Waals surface area contributed by atoms with Gasteiger partial charge in [0.2, 0.25) is 11.8 Å². The molecular formula is C24H32N2O2. The molecule has 0 saturated carbocycles. The van der Waals surface area contributed by atoms with Crippen LogP contribution in [0.5, 0.6) is 0 Å². The van der Waals surface area contributed by atoms with E-state index in [4.69, 9.17) is 0 Å². The molecular weight excluding hydrogens is 348 g/mol. The van der Waals surface area contributed by atoms with Gasteiger partial charge in [0.05, 0.1) is 0 Å². The minimum Gasteiger partial charge on any atom is -0.355 e. The number of rotatable bonds is 9. The summed E-state index contributed by atoms with van der Waals surface area (Å²) < 4.78 is 0. The maximum atomic E-state index is 13.0. The Morgan fingerprint density at radius 3 is 2.07 bits per heavy atom. The fourth-order valence-electron chi connectivity index (χ4n) is 3.13. The van der Waals surface area contributed by atoms with E-state index in [0.717, 1.165) is 17.5 Å². The van der Waals surface area contributed by atoms with E-state index in [0.29, 0.717) is 25.9 Å². The number of nitrogens with zero attached hydrogens (tertiary/aromatic N) is 1. The molecule has 0 aliphatic heterocycles. The molecule has 28 heavy (non-hydrogen) atoms. The molecule has 0 fully saturated rings. The minimum absolute atomic E-state index is 0.00102. The van der Waals surface area contributed by atoms with Gasteiger partial charge in [0.1, 0.15) is 6.04 Å². The molecule has 1 N–H and O–H groups in total.